The van der Waals surface area contributed by atoms with E-state index in [9.17, 15) is 0 Å². The maximum Gasteiger partial charge on any atom is 0.123 e. The zero-order valence-electron chi connectivity index (χ0n) is 8.85. The summed E-state index contributed by atoms with van der Waals surface area (Å²) in [6.07, 6.45) is 0.835. The van der Waals surface area contributed by atoms with Crippen LogP contribution < -0.4 is 4.74 Å². The van der Waals surface area contributed by atoms with Crippen LogP contribution in [0.5, 0.6) is 5.75 Å². The molecule has 1 aliphatic rings. The molecule has 0 spiro atoms. The van der Waals surface area contributed by atoms with Gasteiger partial charge in [-0.3, -0.25) is 4.90 Å². The molecule has 3 heteroatoms. The lowest BCUT2D eigenvalue weighted by molar-refractivity contribution is 0.200. The summed E-state index contributed by atoms with van der Waals surface area (Å²) in [6, 6.07) is 8.16. The van der Waals surface area contributed by atoms with Gasteiger partial charge < -0.3 is 9.84 Å². The number of aliphatic hydroxyl groups is 1. The molecule has 0 unspecified atom stereocenters. The summed E-state index contributed by atoms with van der Waals surface area (Å²) >= 11 is 0. The molecule has 3 nitrogen and oxygen atoms in total. The topological polar surface area (TPSA) is 32.7 Å². The van der Waals surface area contributed by atoms with Crippen LogP contribution in [0, 0.1) is 0 Å². The van der Waals surface area contributed by atoms with E-state index in [4.69, 9.17) is 9.84 Å². The summed E-state index contributed by atoms with van der Waals surface area (Å²) in [4.78, 5) is 2.32. The van der Waals surface area contributed by atoms with Crippen molar-refractivity contribution in [3.05, 3.63) is 29.8 Å². The molecule has 0 radical (unpaired) electrons. The van der Waals surface area contributed by atoms with E-state index in [1.165, 1.54) is 5.56 Å². The van der Waals surface area contributed by atoms with Gasteiger partial charge in [0.15, 0.2) is 0 Å². The number of benzene rings is 1. The van der Waals surface area contributed by atoms with Crippen molar-refractivity contribution in [3.8, 4) is 5.75 Å². The molecular weight excluding hydrogens is 190 g/mol. The average Bonchev–Trinajstić information content (AvgIpc) is 2.47. The molecule has 0 atom stereocenters. The van der Waals surface area contributed by atoms with E-state index in [1.54, 1.807) is 0 Å². The second-order valence-electron chi connectivity index (χ2n) is 3.81. The van der Waals surface area contributed by atoms with Crippen LogP contribution in [0.2, 0.25) is 0 Å². The van der Waals surface area contributed by atoms with Gasteiger partial charge in [0.25, 0.3) is 0 Å². The smallest absolute Gasteiger partial charge is 0.123 e. The second-order valence-corrected chi connectivity index (χ2v) is 3.81. The van der Waals surface area contributed by atoms with E-state index < -0.39 is 0 Å². The third-order valence-electron chi connectivity index (χ3n) is 2.66. The van der Waals surface area contributed by atoms with E-state index >= 15 is 0 Å². The first-order valence-electron chi connectivity index (χ1n) is 5.44. The molecule has 0 fully saturated rings. The van der Waals surface area contributed by atoms with Crippen molar-refractivity contribution in [3.63, 3.8) is 0 Å². The van der Waals surface area contributed by atoms with Crippen molar-refractivity contribution >= 4 is 0 Å². The lowest BCUT2D eigenvalue weighted by Gasteiger charge is -2.18. The number of nitrogens with zero attached hydrogens (tertiary/aromatic N) is 1. The fourth-order valence-corrected chi connectivity index (χ4v) is 1.87. The predicted octanol–water partition coefficient (Wildman–Crippen LogP) is 1.26. The molecule has 1 aromatic carbocycles. The third kappa shape index (κ3) is 2.70. The van der Waals surface area contributed by atoms with Gasteiger partial charge >= 0.3 is 0 Å². The number of aliphatic hydroxyl groups excluding tert-OH is 1. The SMILES string of the molecule is OCCCN1CCOc2ccccc2C1. The van der Waals surface area contributed by atoms with Crippen molar-refractivity contribution in [2.75, 3.05) is 26.3 Å². The molecule has 82 valence electrons. The van der Waals surface area contributed by atoms with E-state index in [-0.39, 0.29) is 6.61 Å². The molecule has 1 N–H and O–H groups in total. The highest BCUT2D eigenvalue weighted by molar-refractivity contribution is 5.33. The maximum absolute atomic E-state index is 8.80. The number of ether oxygens (including phenoxy) is 1. The van der Waals surface area contributed by atoms with Crippen molar-refractivity contribution < 1.29 is 9.84 Å². The van der Waals surface area contributed by atoms with Crippen molar-refractivity contribution in [1.82, 2.24) is 4.90 Å². The molecule has 15 heavy (non-hydrogen) atoms. The standard InChI is InChI=1S/C12H17NO2/c14-8-3-6-13-7-9-15-12-5-2-1-4-11(12)10-13/h1-2,4-5,14H,3,6-10H2. The van der Waals surface area contributed by atoms with Crippen LogP contribution in [0.25, 0.3) is 0 Å². The average molecular weight is 207 g/mol. The fraction of sp³-hybridized carbons (Fsp3) is 0.500. The molecule has 1 aromatic rings. The normalized spacial score (nSPS) is 16.6. The van der Waals surface area contributed by atoms with Crippen molar-refractivity contribution in [2.24, 2.45) is 0 Å². The Labute approximate surface area is 90.3 Å². The first-order chi connectivity index (χ1) is 7.40. The highest BCUT2D eigenvalue weighted by Crippen LogP contribution is 2.22. The Kier molecular flexibility index (Phi) is 3.59. The van der Waals surface area contributed by atoms with Crippen LogP contribution >= 0.6 is 0 Å². The first kappa shape index (κ1) is 10.5. The third-order valence-corrected chi connectivity index (χ3v) is 2.66. The Balaban J connectivity index is 2.04. The Bertz CT molecular complexity index is 312. The monoisotopic (exact) mass is 207 g/mol. The Morgan fingerprint density at radius 3 is 3.07 bits per heavy atom. The van der Waals surface area contributed by atoms with Crippen LogP contribution in [0.1, 0.15) is 12.0 Å². The lowest BCUT2D eigenvalue weighted by Crippen LogP contribution is -2.27. The molecule has 2 rings (SSSR count). The molecule has 0 saturated carbocycles. The number of hydrogen-bond acceptors (Lipinski definition) is 3. The summed E-state index contributed by atoms with van der Waals surface area (Å²) < 4.78 is 5.65. The van der Waals surface area contributed by atoms with Gasteiger partial charge in [-0.25, -0.2) is 0 Å². The van der Waals surface area contributed by atoms with Crippen molar-refractivity contribution in [1.29, 1.82) is 0 Å². The summed E-state index contributed by atoms with van der Waals surface area (Å²) in [5.74, 6) is 1.00. The summed E-state index contributed by atoms with van der Waals surface area (Å²) in [6.45, 7) is 3.81. The van der Waals surface area contributed by atoms with Gasteiger partial charge in [-0.2, -0.15) is 0 Å². The predicted molar refractivity (Wildman–Crippen MR) is 58.9 cm³/mol. The molecule has 0 amide bonds. The van der Waals surface area contributed by atoms with Crippen LogP contribution in [-0.2, 0) is 6.54 Å². The number of rotatable bonds is 3. The van der Waals surface area contributed by atoms with Gasteiger partial charge in [0.1, 0.15) is 12.4 Å². The van der Waals surface area contributed by atoms with Gasteiger partial charge in [0.05, 0.1) is 0 Å². The first-order valence-corrected chi connectivity index (χ1v) is 5.44. The van der Waals surface area contributed by atoms with E-state index in [0.717, 1.165) is 38.4 Å². The van der Waals surface area contributed by atoms with Gasteiger partial charge in [-0.1, -0.05) is 18.2 Å². The zero-order chi connectivity index (χ0) is 10.5. The van der Waals surface area contributed by atoms with Crippen LogP contribution in [0.15, 0.2) is 24.3 Å². The quantitative estimate of drug-likeness (QED) is 0.810. The van der Waals surface area contributed by atoms with Gasteiger partial charge in [-0.05, 0) is 12.5 Å². The minimum Gasteiger partial charge on any atom is -0.492 e. The Hall–Kier alpha value is -1.06. The minimum atomic E-state index is 0.263. The van der Waals surface area contributed by atoms with Crippen molar-refractivity contribution in [2.45, 2.75) is 13.0 Å². The molecule has 0 saturated heterocycles. The lowest BCUT2D eigenvalue weighted by atomic mass is 10.2. The largest absolute Gasteiger partial charge is 0.492 e. The zero-order valence-corrected chi connectivity index (χ0v) is 8.85. The van der Waals surface area contributed by atoms with E-state index in [1.807, 2.05) is 18.2 Å². The second kappa shape index (κ2) is 5.14. The van der Waals surface area contributed by atoms with E-state index in [0.29, 0.717) is 0 Å². The minimum absolute atomic E-state index is 0.263. The molecule has 0 bridgehead atoms. The summed E-state index contributed by atoms with van der Waals surface area (Å²) in [5, 5.41) is 8.80. The number of para-hydroxylation sites is 1. The van der Waals surface area contributed by atoms with Crippen LogP contribution in [0.3, 0.4) is 0 Å². The molecule has 0 aromatic heterocycles. The van der Waals surface area contributed by atoms with Crippen LogP contribution in [-0.4, -0.2) is 36.3 Å². The molecule has 1 aliphatic heterocycles. The summed E-state index contributed by atoms with van der Waals surface area (Å²) in [7, 11) is 0. The molecular formula is C12H17NO2. The highest BCUT2D eigenvalue weighted by atomic mass is 16.5. The number of hydrogen-bond donors (Lipinski definition) is 1. The maximum atomic E-state index is 8.80. The Morgan fingerprint density at radius 1 is 1.33 bits per heavy atom. The molecule has 0 aliphatic carbocycles. The van der Waals surface area contributed by atoms with Gasteiger partial charge in [0, 0.05) is 31.8 Å². The summed E-state index contributed by atoms with van der Waals surface area (Å²) in [5.41, 5.74) is 1.24. The fourth-order valence-electron chi connectivity index (χ4n) is 1.87. The van der Waals surface area contributed by atoms with E-state index in [2.05, 4.69) is 11.0 Å². The van der Waals surface area contributed by atoms with Gasteiger partial charge in [-0.15, -0.1) is 0 Å². The number of fused-ring (bicyclic) bond motifs is 1. The van der Waals surface area contributed by atoms with Gasteiger partial charge in [0.2, 0.25) is 0 Å². The molecule has 1 heterocycles. The Morgan fingerprint density at radius 2 is 2.20 bits per heavy atom. The highest BCUT2D eigenvalue weighted by Gasteiger charge is 2.13. The van der Waals surface area contributed by atoms with Crippen LogP contribution in [0.4, 0.5) is 0 Å².